The molecule has 1 aliphatic rings. The molecule has 0 saturated carbocycles. The summed E-state index contributed by atoms with van der Waals surface area (Å²) in [4.78, 5) is 4.63. The fourth-order valence-corrected chi connectivity index (χ4v) is 4.11. The van der Waals surface area contributed by atoms with Crippen molar-refractivity contribution < 1.29 is 8.42 Å². The van der Waals surface area contributed by atoms with E-state index < -0.39 is 10.0 Å². The molecule has 7 nitrogen and oxygen atoms in total. The summed E-state index contributed by atoms with van der Waals surface area (Å²) in [5.41, 5.74) is 13.2. The summed E-state index contributed by atoms with van der Waals surface area (Å²) in [6.45, 7) is 5.28. The van der Waals surface area contributed by atoms with E-state index in [0.717, 1.165) is 39.0 Å². The van der Waals surface area contributed by atoms with Gasteiger partial charge in [-0.25, -0.2) is 12.7 Å². The Morgan fingerprint density at radius 2 is 1.83 bits per heavy atom. The fourth-order valence-electron chi connectivity index (χ4n) is 2.97. The molecule has 4 N–H and O–H groups in total. The van der Waals surface area contributed by atoms with Crippen molar-refractivity contribution in [1.29, 1.82) is 0 Å². The highest BCUT2D eigenvalue weighted by molar-refractivity contribution is 7.89. The standard InChI is InChI=1S/C16H29N5O2S/c1-4-5-16(18)21-10-8-20(9-11-21)14-7-6-13(17)12-15(14)24(22,23)19(2)3/h6-7,12,16H,4-5,8-11,17-18H2,1-3H3. The van der Waals surface area contributed by atoms with Gasteiger partial charge >= 0.3 is 0 Å². The average Bonchev–Trinajstić information content (AvgIpc) is 2.55. The van der Waals surface area contributed by atoms with Crippen LogP contribution in [0.25, 0.3) is 0 Å². The Morgan fingerprint density at radius 3 is 2.38 bits per heavy atom. The molecular formula is C16H29N5O2S. The molecule has 1 aromatic rings. The molecule has 1 unspecified atom stereocenters. The highest BCUT2D eigenvalue weighted by Crippen LogP contribution is 2.30. The summed E-state index contributed by atoms with van der Waals surface area (Å²) in [5, 5.41) is 0. The molecule has 8 heteroatoms. The van der Waals surface area contributed by atoms with Crippen LogP contribution in [0.1, 0.15) is 19.8 Å². The summed E-state index contributed by atoms with van der Waals surface area (Å²) in [6, 6.07) is 5.09. The second-order valence-electron chi connectivity index (χ2n) is 6.39. The lowest BCUT2D eigenvalue weighted by atomic mass is 10.2. The van der Waals surface area contributed by atoms with Crippen LogP contribution in [0.15, 0.2) is 23.1 Å². The Hall–Kier alpha value is -1.35. The van der Waals surface area contributed by atoms with E-state index in [1.54, 1.807) is 18.2 Å². The van der Waals surface area contributed by atoms with Crippen LogP contribution in [0.2, 0.25) is 0 Å². The Kier molecular flexibility index (Phi) is 6.08. The first-order chi connectivity index (χ1) is 11.3. The van der Waals surface area contributed by atoms with Gasteiger partial charge in [0.1, 0.15) is 4.90 Å². The number of nitrogens with two attached hydrogens (primary N) is 2. The maximum Gasteiger partial charge on any atom is 0.244 e. The highest BCUT2D eigenvalue weighted by atomic mass is 32.2. The third-order valence-electron chi connectivity index (χ3n) is 4.45. The van der Waals surface area contributed by atoms with Gasteiger partial charge < -0.3 is 16.4 Å². The molecule has 0 bridgehead atoms. The minimum Gasteiger partial charge on any atom is -0.399 e. The maximum atomic E-state index is 12.6. The predicted octanol–water partition coefficient (Wildman–Crippen LogP) is 0.726. The maximum absolute atomic E-state index is 12.6. The minimum atomic E-state index is -3.54. The van der Waals surface area contributed by atoms with E-state index in [0.29, 0.717) is 11.4 Å². The largest absolute Gasteiger partial charge is 0.399 e. The smallest absolute Gasteiger partial charge is 0.244 e. The lowest BCUT2D eigenvalue weighted by molar-refractivity contribution is 0.179. The van der Waals surface area contributed by atoms with Crippen LogP contribution in [-0.4, -0.2) is 64.1 Å². The van der Waals surface area contributed by atoms with Crippen molar-refractivity contribution in [3.05, 3.63) is 18.2 Å². The number of piperazine rings is 1. The third kappa shape index (κ3) is 4.00. The molecule has 1 heterocycles. The van der Waals surface area contributed by atoms with E-state index in [-0.39, 0.29) is 11.1 Å². The number of anilines is 2. The molecule has 1 atom stereocenters. The fraction of sp³-hybridized carbons (Fsp3) is 0.625. The van der Waals surface area contributed by atoms with Gasteiger partial charge in [0.05, 0.1) is 11.9 Å². The number of benzene rings is 1. The Bertz CT molecular complexity index is 654. The number of hydrogen-bond donors (Lipinski definition) is 2. The van der Waals surface area contributed by atoms with E-state index in [1.165, 1.54) is 18.4 Å². The van der Waals surface area contributed by atoms with Gasteiger partial charge in [0.2, 0.25) is 10.0 Å². The van der Waals surface area contributed by atoms with Crippen LogP contribution in [0.5, 0.6) is 0 Å². The molecule has 1 aliphatic heterocycles. The van der Waals surface area contributed by atoms with Crippen molar-refractivity contribution >= 4 is 21.4 Å². The van der Waals surface area contributed by atoms with E-state index in [2.05, 4.69) is 16.7 Å². The molecule has 1 fully saturated rings. The van der Waals surface area contributed by atoms with E-state index in [9.17, 15) is 8.42 Å². The minimum absolute atomic E-state index is 0.0774. The number of sulfonamides is 1. The topological polar surface area (TPSA) is 95.9 Å². The zero-order chi connectivity index (χ0) is 17.9. The normalized spacial score (nSPS) is 18.1. The summed E-state index contributed by atoms with van der Waals surface area (Å²) in [5.74, 6) is 0. The Balaban J connectivity index is 2.22. The first-order valence-electron chi connectivity index (χ1n) is 8.34. The van der Waals surface area contributed by atoms with Crippen LogP contribution in [-0.2, 0) is 10.0 Å². The number of nitrogens with zero attached hydrogens (tertiary/aromatic N) is 3. The molecule has 0 aromatic heterocycles. The van der Waals surface area contributed by atoms with Crippen LogP contribution in [0, 0.1) is 0 Å². The highest BCUT2D eigenvalue weighted by Gasteiger charge is 2.27. The molecule has 1 aromatic carbocycles. The van der Waals surface area contributed by atoms with Gasteiger partial charge in [-0.3, -0.25) is 4.90 Å². The van der Waals surface area contributed by atoms with Crippen molar-refractivity contribution in [3.8, 4) is 0 Å². The van der Waals surface area contributed by atoms with Gasteiger partial charge in [-0.15, -0.1) is 0 Å². The van der Waals surface area contributed by atoms with E-state index >= 15 is 0 Å². The third-order valence-corrected chi connectivity index (χ3v) is 6.30. The zero-order valence-electron chi connectivity index (χ0n) is 14.8. The van der Waals surface area contributed by atoms with Crippen molar-refractivity contribution in [2.45, 2.75) is 30.8 Å². The Labute approximate surface area is 145 Å². The van der Waals surface area contributed by atoms with Gasteiger partial charge in [0.15, 0.2) is 0 Å². The van der Waals surface area contributed by atoms with Crippen molar-refractivity contribution in [2.75, 3.05) is 50.9 Å². The summed E-state index contributed by atoms with van der Waals surface area (Å²) in [6.07, 6.45) is 2.11. The van der Waals surface area contributed by atoms with Crippen LogP contribution in [0.4, 0.5) is 11.4 Å². The van der Waals surface area contributed by atoms with Crippen LogP contribution < -0.4 is 16.4 Å². The van der Waals surface area contributed by atoms with Gasteiger partial charge in [-0.2, -0.15) is 0 Å². The number of rotatable bonds is 6. The molecule has 0 spiro atoms. The van der Waals surface area contributed by atoms with Crippen LogP contribution in [0.3, 0.4) is 0 Å². The lowest BCUT2D eigenvalue weighted by Gasteiger charge is -2.39. The lowest BCUT2D eigenvalue weighted by Crippen LogP contribution is -2.53. The van der Waals surface area contributed by atoms with Crippen molar-refractivity contribution in [3.63, 3.8) is 0 Å². The monoisotopic (exact) mass is 355 g/mol. The first-order valence-corrected chi connectivity index (χ1v) is 9.78. The molecule has 2 rings (SSSR count). The molecule has 0 amide bonds. The Morgan fingerprint density at radius 1 is 1.21 bits per heavy atom. The molecule has 0 radical (unpaired) electrons. The molecular weight excluding hydrogens is 326 g/mol. The number of hydrogen-bond acceptors (Lipinski definition) is 6. The summed E-state index contributed by atoms with van der Waals surface area (Å²) >= 11 is 0. The zero-order valence-corrected chi connectivity index (χ0v) is 15.6. The predicted molar refractivity (Wildman–Crippen MR) is 98.4 cm³/mol. The van der Waals surface area contributed by atoms with Crippen LogP contribution >= 0.6 is 0 Å². The summed E-state index contributed by atoms with van der Waals surface area (Å²) in [7, 11) is -0.481. The molecule has 0 aliphatic carbocycles. The second kappa shape index (κ2) is 7.69. The first kappa shape index (κ1) is 19.0. The van der Waals surface area contributed by atoms with Gasteiger partial charge in [-0.1, -0.05) is 13.3 Å². The second-order valence-corrected chi connectivity index (χ2v) is 8.51. The van der Waals surface area contributed by atoms with Crippen molar-refractivity contribution in [1.82, 2.24) is 9.21 Å². The molecule has 24 heavy (non-hydrogen) atoms. The average molecular weight is 356 g/mol. The van der Waals surface area contributed by atoms with Gasteiger partial charge in [0, 0.05) is 46.0 Å². The van der Waals surface area contributed by atoms with Gasteiger partial charge in [-0.05, 0) is 24.6 Å². The van der Waals surface area contributed by atoms with Gasteiger partial charge in [0.25, 0.3) is 0 Å². The summed E-state index contributed by atoms with van der Waals surface area (Å²) < 4.78 is 26.5. The SMILES string of the molecule is CCCC(N)N1CCN(c2ccc(N)cc2S(=O)(=O)N(C)C)CC1. The van der Waals surface area contributed by atoms with E-state index in [1.807, 2.05) is 0 Å². The number of nitrogen functional groups attached to an aromatic ring is 1. The molecule has 136 valence electrons. The quantitative estimate of drug-likeness (QED) is 0.730. The van der Waals surface area contributed by atoms with Crippen molar-refractivity contribution in [2.24, 2.45) is 5.73 Å². The molecule has 1 saturated heterocycles. The van der Waals surface area contributed by atoms with E-state index in [4.69, 9.17) is 11.5 Å².